The van der Waals surface area contributed by atoms with Gasteiger partial charge in [0.2, 0.25) is 0 Å². The fraction of sp³-hybridized carbons (Fsp3) is 0.260. The third-order valence-electron chi connectivity index (χ3n) is 15.4. The third kappa shape index (κ3) is 19.4. The Morgan fingerprint density at radius 1 is 0.295 bits per heavy atom. The number of unbranched alkanes of at least 4 members (excludes halogenated alkanes) is 1. The molecule has 0 atom stereocenters. The highest BCUT2D eigenvalue weighted by Gasteiger charge is 2.16. The maximum atomic E-state index is 13.0. The number of methoxy groups -OCH3 is 8. The van der Waals surface area contributed by atoms with Gasteiger partial charge in [0.15, 0.2) is 0 Å². The number of fused-ring (bicyclic) bond motifs is 2. The van der Waals surface area contributed by atoms with Crippen LogP contribution >= 0.6 is 0 Å². The van der Waals surface area contributed by atoms with Gasteiger partial charge in [-0.2, -0.15) is 0 Å². The van der Waals surface area contributed by atoms with Gasteiger partial charge < -0.3 is 81.1 Å². The van der Waals surface area contributed by atoms with Crippen molar-refractivity contribution in [2.75, 3.05) is 70.0 Å². The molecule has 494 valence electrons. The third-order valence-corrected chi connectivity index (χ3v) is 15.4. The van der Waals surface area contributed by atoms with Crippen molar-refractivity contribution < 1.29 is 80.6 Å². The van der Waals surface area contributed by atoms with Gasteiger partial charge in [0.25, 0.3) is 0 Å². The van der Waals surface area contributed by atoms with Crippen LogP contribution in [-0.2, 0) is 62.3 Å². The average Bonchev–Trinajstić information content (AvgIpc) is 0.797. The second-order valence-corrected chi connectivity index (χ2v) is 22.1. The van der Waals surface area contributed by atoms with Crippen LogP contribution in [0.4, 0.5) is 4.79 Å². The Hall–Kier alpha value is -10.9. The van der Waals surface area contributed by atoms with Crippen LogP contribution in [0.5, 0.6) is 80.5 Å². The molecule has 18 nitrogen and oxygen atoms in total. The van der Waals surface area contributed by atoms with E-state index < -0.39 is 6.09 Å². The molecule has 0 aliphatic heterocycles. The number of ether oxygens (including phenoxy) is 16. The average molecular weight is 1290 g/mol. The van der Waals surface area contributed by atoms with E-state index >= 15 is 0 Å². The molecule has 0 aliphatic rings. The summed E-state index contributed by atoms with van der Waals surface area (Å²) in [5.41, 5.74) is 6.65. The van der Waals surface area contributed by atoms with E-state index in [1.807, 2.05) is 152 Å². The van der Waals surface area contributed by atoms with Gasteiger partial charge in [0.1, 0.15) is 127 Å². The van der Waals surface area contributed by atoms with Crippen molar-refractivity contribution in [3.8, 4) is 80.5 Å². The summed E-state index contributed by atoms with van der Waals surface area (Å²) in [6.07, 6.45) is 0.855. The van der Waals surface area contributed by atoms with Gasteiger partial charge in [0, 0.05) is 61.2 Å². The Bertz CT molecular complexity index is 3700. The molecule has 0 aromatic heterocycles. The van der Waals surface area contributed by atoms with Crippen molar-refractivity contribution in [2.24, 2.45) is 0 Å². The molecule has 0 unspecified atom stereocenters. The van der Waals surface area contributed by atoms with Crippen molar-refractivity contribution in [1.82, 2.24) is 5.32 Å². The number of hydrogen-bond acceptors (Lipinski definition) is 17. The van der Waals surface area contributed by atoms with Crippen LogP contribution in [0, 0.1) is 0 Å². The molecule has 0 heterocycles. The lowest BCUT2D eigenvalue weighted by atomic mass is 9.97. The van der Waals surface area contributed by atoms with Crippen LogP contribution in [-0.4, -0.2) is 76.1 Å². The summed E-state index contributed by atoms with van der Waals surface area (Å²) < 4.78 is 95.5. The summed E-state index contributed by atoms with van der Waals surface area (Å²) in [5, 5.41) is 7.20. The van der Waals surface area contributed by atoms with Crippen molar-refractivity contribution in [3.63, 3.8) is 0 Å². The lowest BCUT2D eigenvalue weighted by Gasteiger charge is -2.16. The van der Waals surface area contributed by atoms with Gasteiger partial charge >= 0.3 is 6.09 Å². The van der Waals surface area contributed by atoms with Crippen LogP contribution in [0.3, 0.4) is 0 Å². The number of benzene rings is 10. The monoisotopic (exact) mass is 1290 g/mol. The van der Waals surface area contributed by atoms with Gasteiger partial charge in [-0.05, 0) is 164 Å². The van der Waals surface area contributed by atoms with Gasteiger partial charge in [-0.3, -0.25) is 0 Å². The summed E-state index contributed by atoms with van der Waals surface area (Å²) >= 11 is 0. The highest BCUT2D eigenvalue weighted by atomic mass is 16.6. The van der Waals surface area contributed by atoms with Crippen LogP contribution in [0.25, 0.3) is 21.5 Å². The molecular weight excluding hydrogens is 1210 g/mol. The molecule has 1 N–H and O–H groups in total. The highest BCUT2D eigenvalue weighted by Crippen LogP contribution is 2.35. The van der Waals surface area contributed by atoms with Crippen molar-refractivity contribution >= 4 is 27.6 Å². The minimum absolute atomic E-state index is 0.115. The normalized spacial score (nSPS) is 10.9. The lowest BCUT2D eigenvalue weighted by Crippen LogP contribution is -2.25. The van der Waals surface area contributed by atoms with E-state index in [0.29, 0.717) is 106 Å². The first kappa shape index (κ1) is 67.1. The first-order chi connectivity index (χ1) is 46.5. The summed E-state index contributed by atoms with van der Waals surface area (Å²) in [6.45, 7) is 2.26. The SMILES string of the molecule is COc1cc(COc2cc(COc3cc(COCCCCNC(=O)OCc4c5ccccc5cc5ccccc45)cc(OCc4cc(OCc5cc(OC)cc(OC)c5)cc(OCc5cc(OC)cc(OC)c5)c4)c3)cc(OCc3cc(OC)cc(OC)c3)c2)cc(OC)c1. The van der Waals surface area contributed by atoms with E-state index in [1.165, 1.54) is 0 Å². The molecular formula is C77H79NO17. The number of hydrogen-bond donors (Lipinski definition) is 1. The zero-order valence-electron chi connectivity index (χ0n) is 54.7. The Kier molecular flexibility index (Phi) is 23.7. The molecule has 10 rings (SSSR count). The molecule has 0 aliphatic carbocycles. The van der Waals surface area contributed by atoms with Gasteiger partial charge in [0.05, 0.1) is 63.5 Å². The van der Waals surface area contributed by atoms with E-state index in [1.54, 1.807) is 56.9 Å². The zero-order valence-corrected chi connectivity index (χ0v) is 54.7. The Morgan fingerprint density at radius 2 is 0.558 bits per heavy atom. The molecule has 10 aromatic carbocycles. The van der Waals surface area contributed by atoms with E-state index in [9.17, 15) is 4.79 Å². The molecule has 0 saturated heterocycles. The second-order valence-electron chi connectivity index (χ2n) is 22.1. The maximum absolute atomic E-state index is 13.0. The molecule has 0 bridgehead atoms. The van der Waals surface area contributed by atoms with Crippen LogP contribution in [0.15, 0.2) is 182 Å². The van der Waals surface area contributed by atoms with Crippen molar-refractivity contribution in [1.29, 1.82) is 0 Å². The fourth-order valence-electron chi connectivity index (χ4n) is 10.6. The molecule has 1 amide bonds. The molecule has 0 spiro atoms. The molecule has 0 radical (unpaired) electrons. The van der Waals surface area contributed by atoms with Crippen molar-refractivity contribution in [3.05, 3.63) is 226 Å². The van der Waals surface area contributed by atoms with Crippen LogP contribution in [0.2, 0.25) is 0 Å². The predicted molar refractivity (Wildman–Crippen MR) is 362 cm³/mol. The zero-order chi connectivity index (χ0) is 66.3. The largest absolute Gasteiger partial charge is 0.497 e. The van der Waals surface area contributed by atoms with E-state index in [-0.39, 0.29) is 52.9 Å². The van der Waals surface area contributed by atoms with Gasteiger partial charge in [-0.25, -0.2) is 4.79 Å². The molecule has 0 fully saturated rings. The minimum atomic E-state index is -0.481. The number of carbonyl (C=O) groups excluding carboxylic acids is 1. The maximum Gasteiger partial charge on any atom is 0.407 e. The highest BCUT2D eigenvalue weighted by molar-refractivity contribution is 6.02. The smallest absolute Gasteiger partial charge is 0.407 e. The number of alkyl carbamates (subject to hydrolysis) is 1. The second kappa shape index (κ2) is 33.6. The summed E-state index contributed by atoms with van der Waals surface area (Å²) in [4.78, 5) is 13.0. The summed E-state index contributed by atoms with van der Waals surface area (Å²) in [5.74, 6) is 8.31. The standard InChI is InChI=1S/C77H79NO17/c1-80-60-21-52(22-61(36-60)81-2)44-89-70-31-56(32-71(41-70)90-45-53-23-62(82-3)37-63(24-53)83-4)48-93-68-29-51(43-88-20-14-13-19-78-77(79)95-50-76-74-17-11-9-15-58(74)35-59-16-10-12-18-75(59)76)30-69(40-68)94-49-57-33-72(91-46-54-25-64(84-5)38-65(26-54)85-6)42-73(34-57)92-47-55-27-66(86-7)39-67(28-55)87-8/h9-12,15-18,21-42H,13-14,19-20,43-50H2,1-8H3,(H,78,79). The summed E-state index contributed by atoms with van der Waals surface area (Å²) in [6, 6.07) is 57.8. The Labute approximate surface area is 553 Å². The summed E-state index contributed by atoms with van der Waals surface area (Å²) in [7, 11) is 12.9. The minimum Gasteiger partial charge on any atom is -0.497 e. The lowest BCUT2D eigenvalue weighted by molar-refractivity contribution is 0.115. The fourth-order valence-corrected chi connectivity index (χ4v) is 10.6. The number of amides is 1. The van der Waals surface area contributed by atoms with Crippen LogP contribution in [0.1, 0.15) is 57.3 Å². The first-order valence-electron chi connectivity index (χ1n) is 30.9. The predicted octanol–water partition coefficient (Wildman–Crippen LogP) is 15.8. The number of rotatable bonds is 35. The topological polar surface area (TPSA) is 177 Å². The van der Waals surface area contributed by atoms with E-state index in [4.69, 9.17) is 75.8 Å². The number of carbonyl (C=O) groups is 1. The molecule has 18 heteroatoms. The molecule has 10 aromatic rings. The van der Waals surface area contributed by atoms with E-state index in [0.717, 1.165) is 66.1 Å². The Balaban J connectivity index is 0.864. The van der Waals surface area contributed by atoms with Gasteiger partial charge in [-0.15, -0.1) is 0 Å². The number of nitrogens with one attached hydrogen (secondary N) is 1. The Morgan fingerprint density at radius 3 is 0.853 bits per heavy atom. The first-order valence-corrected chi connectivity index (χ1v) is 30.9. The molecule has 95 heavy (non-hydrogen) atoms. The van der Waals surface area contributed by atoms with Gasteiger partial charge in [-0.1, -0.05) is 48.5 Å². The van der Waals surface area contributed by atoms with Crippen molar-refractivity contribution in [2.45, 2.75) is 65.7 Å². The van der Waals surface area contributed by atoms with Crippen LogP contribution < -0.4 is 71.6 Å². The quantitative estimate of drug-likeness (QED) is 0.0293. The van der Waals surface area contributed by atoms with E-state index in [2.05, 4.69) is 35.6 Å². The molecule has 0 saturated carbocycles.